The third-order valence-electron chi connectivity index (χ3n) is 10.9. The molecule has 2 heterocycles. The van der Waals surface area contributed by atoms with Crippen molar-refractivity contribution in [3.8, 4) is 0 Å². The average molecular weight is 450 g/mol. The van der Waals surface area contributed by atoms with Gasteiger partial charge in [0.25, 0.3) is 0 Å². The van der Waals surface area contributed by atoms with Crippen LogP contribution in [-0.4, -0.2) is 60.1 Å². The number of oxime groups is 1. The molecule has 1 spiro atoms. The molecule has 0 aromatic heterocycles. The molecule has 2 N–H and O–H groups in total. The van der Waals surface area contributed by atoms with E-state index in [-0.39, 0.29) is 22.7 Å². The first kappa shape index (κ1) is 21.8. The van der Waals surface area contributed by atoms with Crippen molar-refractivity contribution >= 4 is 5.71 Å². The van der Waals surface area contributed by atoms with Crippen LogP contribution in [0.1, 0.15) is 65.7 Å². The largest absolute Gasteiger partial charge is 0.411 e. The SMILES string of the molecule is CC1(C2CCC3C4CCC5CC6(CC(=NO)C5(C)C4C(O)CC32C)OCCO6)OCCO1. The Morgan fingerprint density at radius 3 is 2.25 bits per heavy atom. The Kier molecular flexibility index (Phi) is 4.86. The lowest BCUT2D eigenvalue weighted by Gasteiger charge is -2.63. The van der Waals surface area contributed by atoms with Gasteiger partial charge in [-0.2, -0.15) is 0 Å². The van der Waals surface area contributed by atoms with Gasteiger partial charge in [-0.15, -0.1) is 0 Å². The van der Waals surface area contributed by atoms with E-state index in [4.69, 9.17) is 18.9 Å². The Bertz CT molecular complexity index is 789. The van der Waals surface area contributed by atoms with Crippen molar-refractivity contribution < 1.29 is 29.3 Å². The maximum atomic E-state index is 11.8. The number of rotatable bonds is 1. The Hall–Kier alpha value is -0.730. The second-order valence-electron chi connectivity index (χ2n) is 12.0. The first-order valence-corrected chi connectivity index (χ1v) is 12.7. The molecule has 8 atom stereocenters. The van der Waals surface area contributed by atoms with Crippen LogP contribution < -0.4 is 0 Å². The van der Waals surface area contributed by atoms with Gasteiger partial charge in [0.1, 0.15) is 0 Å². The Morgan fingerprint density at radius 2 is 1.56 bits per heavy atom. The van der Waals surface area contributed by atoms with E-state index in [2.05, 4.69) is 25.9 Å². The lowest BCUT2D eigenvalue weighted by atomic mass is 9.43. The quantitative estimate of drug-likeness (QED) is 0.470. The van der Waals surface area contributed by atoms with Gasteiger partial charge in [0, 0.05) is 24.2 Å². The fourth-order valence-electron chi connectivity index (χ4n) is 9.65. The van der Waals surface area contributed by atoms with Crippen molar-refractivity contribution in [3.63, 3.8) is 0 Å². The van der Waals surface area contributed by atoms with Gasteiger partial charge >= 0.3 is 0 Å². The summed E-state index contributed by atoms with van der Waals surface area (Å²) in [4.78, 5) is 0. The molecule has 180 valence electrons. The molecule has 0 aromatic rings. The number of hydrogen-bond acceptors (Lipinski definition) is 7. The molecule has 4 saturated carbocycles. The molecule has 2 aliphatic heterocycles. The normalized spacial score (nSPS) is 52.7. The average Bonchev–Trinajstić information content (AvgIpc) is 3.47. The molecule has 0 radical (unpaired) electrons. The second-order valence-corrected chi connectivity index (χ2v) is 12.0. The number of aliphatic hydroxyl groups excluding tert-OH is 1. The fourth-order valence-corrected chi connectivity index (χ4v) is 9.65. The molecule has 32 heavy (non-hydrogen) atoms. The molecule has 7 heteroatoms. The molecule has 2 saturated heterocycles. The van der Waals surface area contributed by atoms with E-state index >= 15 is 0 Å². The van der Waals surface area contributed by atoms with E-state index in [0.29, 0.717) is 50.6 Å². The minimum Gasteiger partial charge on any atom is -0.411 e. The van der Waals surface area contributed by atoms with Crippen molar-refractivity contribution in [2.24, 2.45) is 45.6 Å². The summed E-state index contributed by atoms with van der Waals surface area (Å²) in [5.41, 5.74) is 0.422. The van der Waals surface area contributed by atoms with E-state index in [1.165, 1.54) is 0 Å². The monoisotopic (exact) mass is 449 g/mol. The lowest BCUT2D eigenvalue weighted by molar-refractivity contribution is -0.233. The smallest absolute Gasteiger partial charge is 0.174 e. The molecular formula is C25H39NO6. The van der Waals surface area contributed by atoms with E-state index < -0.39 is 17.7 Å². The van der Waals surface area contributed by atoms with Gasteiger partial charge in [0.2, 0.25) is 0 Å². The Balaban J connectivity index is 1.34. The van der Waals surface area contributed by atoms with Crippen LogP contribution in [0.2, 0.25) is 0 Å². The summed E-state index contributed by atoms with van der Waals surface area (Å²) in [7, 11) is 0. The van der Waals surface area contributed by atoms with Gasteiger partial charge < -0.3 is 29.3 Å². The highest BCUT2D eigenvalue weighted by molar-refractivity contribution is 5.92. The highest BCUT2D eigenvalue weighted by Gasteiger charge is 2.68. The molecule has 6 aliphatic rings. The van der Waals surface area contributed by atoms with Gasteiger partial charge in [-0.3, -0.25) is 0 Å². The van der Waals surface area contributed by atoms with Crippen LogP contribution >= 0.6 is 0 Å². The highest BCUT2D eigenvalue weighted by Crippen LogP contribution is 2.69. The number of nitrogens with zero attached hydrogens (tertiary/aromatic N) is 1. The van der Waals surface area contributed by atoms with Crippen molar-refractivity contribution in [1.29, 1.82) is 0 Å². The molecule has 7 nitrogen and oxygen atoms in total. The summed E-state index contributed by atoms with van der Waals surface area (Å²) in [6, 6.07) is 0. The van der Waals surface area contributed by atoms with E-state index in [9.17, 15) is 10.3 Å². The van der Waals surface area contributed by atoms with Crippen molar-refractivity contribution in [2.75, 3.05) is 26.4 Å². The Morgan fingerprint density at radius 1 is 0.875 bits per heavy atom. The molecule has 4 aliphatic carbocycles. The second kappa shape index (κ2) is 7.14. The number of fused-ring (bicyclic) bond motifs is 5. The van der Waals surface area contributed by atoms with E-state index in [0.717, 1.165) is 44.2 Å². The zero-order valence-corrected chi connectivity index (χ0v) is 19.7. The van der Waals surface area contributed by atoms with Gasteiger partial charge in [-0.25, -0.2) is 0 Å². The van der Waals surface area contributed by atoms with Crippen LogP contribution in [0.4, 0.5) is 0 Å². The molecule has 8 unspecified atom stereocenters. The summed E-state index contributed by atoms with van der Waals surface area (Å²) in [5, 5.41) is 25.7. The first-order chi connectivity index (χ1) is 15.3. The zero-order chi connectivity index (χ0) is 22.4. The van der Waals surface area contributed by atoms with Crippen molar-refractivity contribution in [1.82, 2.24) is 0 Å². The molecule has 0 amide bonds. The zero-order valence-electron chi connectivity index (χ0n) is 19.7. The van der Waals surface area contributed by atoms with Crippen LogP contribution in [0, 0.1) is 40.4 Å². The predicted octanol–water partition coefficient (Wildman–Crippen LogP) is 3.56. The van der Waals surface area contributed by atoms with Crippen LogP contribution in [0.25, 0.3) is 0 Å². The minimum atomic E-state index is -0.642. The van der Waals surface area contributed by atoms with E-state index in [1.807, 2.05) is 0 Å². The molecule has 6 fully saturated rings. The van der Waals surface area contributed by atoms with Crippen LogP contribution in [-0.2, 0) is 18.9 Å². The highest BCUT2D eigenvalue weighted by atomic mass is 16.7. The third kappa shape index (κ3) is 2.75. The van der Waals surface area contributed by atoms with Crippen LogP contribution in [0.5, 0.6) is 0 Å². The summed E-state index contributed by atoms with van der Waals surface area (Å²) < 4.78 is 24.3. The molecule has 0 aromatic carbocycles. The fraction of sp³-hybridized carbons (Fsp3) is 0.960. The number of ether oxygens (including phenoxy) is 4. The molecular weight excluding hydrogens is 410 g/mol. The van der Waals surface area contributed by atoms with E-state index in [1.54, 1.807) is 0 Å². The van der Waals surface area contributed by atoms with Gasteiger partial charge in [0.05, 0.1) is 38.2 Å². The topological polar surface area (TPSA) is 89.7 Å². The summed E-state index contributed by atoms with van der Waals surface area (Å²) in [5.74, 6) is 0.441. The van der Waals surface area contributed by atoms with Crippen LogP contribution in [0.15, 0.2) is 5.16 Å². The third-order valence-corrected chi connectivity index (χ3v) is 10.9. The standard InChI is InChI=1S/C25H39NO6/c1-22-13-18(27)21-16(17(22)6-7-19(22)24(3)29-8-9-30-24)5-4-15-12-25(31-10-11-32-25)14-20(26-28)23(15,21)2/h15-19,21,27-28H,4-14H2,1-3H3. The Labute approximate surface area is 190 Å². The maximum Gasteiger partial charge on any atom is 0.174 e. The number of hydrogen-bond donors (Lipinski definition) is 2. The first-order valence-electron chi connectivity index (χ1n) is 12.7. The summed E-state index contributed by atoms with van der Waals surface area (Å²) in [6.45, 7) is 9.23. The van der Waals surface area contributed by atoms with Gasteiger partial charge in [-0.1, -0.05) is 19.0 Å². The van der Waals surface area contributed by atoms with Crippen LogP contribution in [0.3, 0.4) is 0 Å². The molecule has 6 rings (SSSR count). The summed E-state index contributed by atoms with van der Waals surface area (Å²) in [6.07, 6.45) is 6.03. The number of aliphatic hydroxyl groups is 1. The summed E-state index contributed by atoms with van der Waals surface area (Å²) >= 11 is 0. The van der Waals surface area contributed by atoms with Crippen molar-refractivity contribution in [3.05, 3.63) is 0 Å². The van der Waals surface area contributed by atoms with Gasteiger partial charge in [-0.05, 0) is 68.1 Å². The molecule has 0 bridgehead atoms. The lowest BCUT2D eigenvalue weighted by Crippen LogP contribution is -2.64. The van der Waals surface area contributed by atoms with Crippen molar-refractivity contribution in [2.45, 2.75) is 83.4 Å². The predicted molar refractivity (Wildman–Crippen MR) is 116 cm³/mol. The maximum absolute atomic E-state index is 11.8. The van der Waals surface area contributed by atoms with Gasteiger partial charge in [0.15, 0.2) is 11.6 Å². The minimum absolute atomic E-state index is 0.00699.